The van der Waals surface area contributed by atoms with E-state index in [2.05, 4.69) is 21.7 Å². The van der Waals surface area contributed by atoms with Crippen LogP contribution in [0.4, 0.5) is 0 Å². The Labute approximate surface area is 143 Å². The zero-order chi connectivity index (χ0) is 17.2. The van der Waals surface area contributed by atoms with Gasteiger partial charge in [0.2, 0.25) is 0 Å². The molecule has 0 saturated heterocycles. The SMILES string of the molecule is CN=C(NCCOc1ccccc1)NCc1ccc(OC)c(C)c1. The molecular formula is C19H25N3O2. The molecule has 0 spiro atoms. The first-order valence-corrected chi connectivity index (χ1v) is 7.99. The largest absolute Gasteiger partial charge is 0.496 e. The summed E-state index contributed by atoms with van der Waals surface area (Å²) in [5.74, 6) is 2.52. The topological polar surface area (TPSA) is 54.9 Å². The fourth-order valence-corrected chi connectivity index (χ4v) is 2.31. The Morgan fingerprint density at radius 3 is 2.54 bits per heavy atom. The van der Waals surface area contributed by atoms with Crippen LogP contribution in [0, 0.1) is 6.92 Å². The second-order valence-corrected chi connectivity index (χ2v) is 5.32. The first-order chi connectivity index (χ1) is 11.7. The summed E-state index contributed by atoms with van der Waals surface area (Å²) in [5.41, 5.74) is 2.30. The van der Waals surface area contributed by atoms with Crippen LogP contribution >= 0.6 is 0 Å². The standard InChI is InChI=1S/C19H25N3O2/c1-15-13-16(9-10-18(15)23-3)14-22-19(20-2)21-11-12-24-17-7-5-4-6-8-17/h4-10,13H,11-12,14H2,1-3H3,(H2,20,21,22). The van der Waals surface area contributed by atoms with E-state index in [0.717, 1.165) is 23.0 Å². The Kier molecular flexibility index (Phi) is 6.95. The van der Waals surface area contributed by atoms with E-state index in [9.17, 15) is 0 Å². The van der Waals surface area contributed by atoms with Crippen LogP contribution in [0.2, 0.25) is 0 Å². The zero-order valence-electron chi connectivity index (χ0n) is 14.5. The molecule has 0 aliphatic rings. The molecule has 0 aromatic heterocycles. The molecule has 0 radical (unpaired) electrons. The van der Waals surface area contributed by atoms with Gasteiger partial charge >= 0.3 is 0 Å². The molecule has 0 unspecified atom stereocenters. The number of para-hydroxylation sites is 1. The number of ether oxygens (including phenoxy) is 2. The van der Waals surface area contributed by atoms with Crippen molar-refractivity contribution in [2.24, 2.45) is 4.99 Å². The number of hydrogen-bond acceptors (Lipinski definition) is 3. The average molecular weight is 327 g/mol. The van der Waals surface area contributed by atoms with E-state index in [1.165, 1.54) is 5.56 Å². The van der Waals surface area contributed by atoms with Crippen molar-refractivity contribution in [2.45, 2.75) is 13.5 Å². The Morgan fingerprint density at radius 1 is 1.08 bits per heavy atom. The van der Waals surface area contributed by atoms with Crippen molar-refractivity contribution in [3.63, 3.8) is 0 Å². The molecule has 128 valence electrons. The summed E-state index contributed by atoms with van der Waals surface area (Å²) in [6, 6.07) is 15.9. The number of rotatable bonds is 7. The van der Waals surface area contributed by atoms with Crippen molar-refractivity contribution >= 4 is 5.96 Å². The maximum absolute atomic E-state index is 5.65. The van der Waals surface area contributed by atoms with E-state index in [4.69, 9.17) is 9.47 Å². The molecular weight excluding hydrogens is 302 g/mol. The van der Waals surface area contributed by atoms with Crippen LogP contribution < -0.4 is 20.1 Å². The minimum absolute atomic E-state index is 0.576. The monoisotopic (exact) mass is 327 g/mol. The van der Waals surface area contributed by atoms with E-state index < -0.39 is 0 Å². The number of methoxy groups -OCH3 is 1. The van der Waals surface area contributed by atoms with Crippen LogP contribution in [-0.2, 0) is 6.54 Å². The summed E-state index contributed by atoms with van der Waals surface area (Å²) in [4.78, 5) is 4.22. The van der Waals surface area contributed by atoms with Gasteiger partial charge in [-0.3, -0.25) is 4.99 Å². The van der Waals surface area contributed by atoms with Gasteiger partial charge in [-0.15, -0.1) is 0 Å². The lowest BCUT2D eigenvalue weighted by molar-refractivity contribution is 0.322. The molecule has 0 atom stereocenters. The van der Waals surface area contributed by atoms with Crippen molar-refractivity contribution in [2.75, 3.05) is 27.3 Å². The molecule has 0 aliphatic heterocycles. The third-order valence-electron chi connectivity index (χ3n) is 3.55. The lowest BCUT2D eigenvalue weighted by Gasteiger charge is -2.13. The van der Waals surface area contributed by atoms with Crippen molar-refractivity contribution in [1.29, 1.82) is 0 Å². The lowest BCUT2D eigenvalue weighted by Crippen LogP contribution is -2.38. The third kappa shape index (κ3) is 5.50. The Balaban J connectivity index is 1.73. The summed E-state index contributed by atoms with van der Waals surface area (Å²) in [6.07, 6.45) is 0. The lowest BCUT2D eigenvalue weighted by atomic mass is 10.1. The number of nitrogens with one attached hydrogen (secondary N) is 2. The fraction of sp³-hybridized carbons (Fsp3) is 0.316. The van der Waals surface area contributed by atoms with Gasteiger partial charge in [-0.2, -0.15) is 0 Å². The van der Waals surface area contributed by atoms with E-state index in [1.807, 2.05) is 49.4 Å². The molecule has 24 heavy (non-hydrogen) atoms. The number of aryl methyl sites for hydroxylation is 1. The molecule has 2 aromatic rings. The molecule has 0 amide bonds. The molecule has 2 N–H and O–H groups in total. The maximum atomic E-state index is 5.65. The number of benzene rings is 2. The highest BCUT2D eigenvalue weighted by Crippen LogP contribution is 2.18. The van der Waals surface area contributed by atoms with Crippen LogP contribution in [-0.4, -0.2) is 33.3 Å². The van der Waals surface area contributed by atoms with Crippen LogP contribution in [0.3, 0.4) is 0 Å². The maximum Gasteiger partial charge on any atom is 0.191 e. The highest BCUT2D eigenvalue weighted by Gasteiger charge is 2.02. The predicted octanol–water partition coefficient (Wildman–Crippen LogP) is 2.75. The number of hydrogen-bond donors (Lipinski definition) is 2. The van der Waals surface area contributed by atoms with Crippen LogP contribution in [0.25, 0.3) is 0 Å². The van der Waals surface area contributed by atoms with Gasteiger partial charge < -0.3 is 20.1 Å². The minimum atomic E-state index is 0.576. The van der Waals surface area contributed by atoms with E-state index in [-0.39, 0.29) is 0 Å². The van der Waals surface area contributed by atoms with Gasteiger partial charge in [0, 0.05) is 13.6 Å². The minimum Gasteiger partial charge on any atom is -0.496 e. The smallest absolute Gasteiger partial charge is 0.191 e. The quantitative estimate of drug-likeness (QED) is 0.466. The Bertz CT molecular complexity index is 657. The van der Waals surface area contributed by atoms with Crippen LogP contribution in [0.15, 0.2) is 53.5 Å². The van der Waals surface area contributed by atoms with Crippen molar-refractivity contribution < 1.29 is 9.47 Å². The van der Waals surface area contributed by atoms with Gasteiger partial charge in [0.1, 0.15) is 18.1 Å². The second-order valence-electron chi connectivity index (χ2n) is 5.32. The predicted molar refractivity (Wildman–Crippen MR) is 97.9 cm³/mol. The molecule has 5 nitrogen and oxygen atoms in total. The molecule has 5 heteroatoms. The highest BCUT2D eigenvalue weighted by molar-refractivity contribution is 5.79. The fourth-order valence-electron chi connectivity index (χ4n) is 2.31. The molecule has 0 fully saturated rings. The first kappa shape index (κ1) is 17.7. The number of nitrogens with zero attached hydrogens (tertiary/aromatic N) is 1. The number of guanidine groups is 1. The van der Waals surface area contributed by atoms with Gasteiger partial charge in [-0.1, -0.05) is 30.3 Å². The van der Waals surface area contributed by atoms with E-state index in [1.54, 1.807) is 14.2 Å². The molecule has 0 saturated carbocycles. The van der Waals surface area contributed by atoms with Gasteiger partial charge in [0.05, 0.1) is 13.7 Å². The summed E-state index contributed by atoms with van der Waals surface area (Å²) in [6.45, 7) is 3.99. The molecule has 0 heterocycles. The third-order valence-corrected chi connectivity index (χ3v) is 3.55. The van der Waals surface area contributed by atoms with Crippen molar-refractivity contribution in [3.05, 3.63) is 59.7 Å². The molecule has 0 bridgehead atoms. The zero-order valence-corrected chi connectivity index (χ0v) is 14.5. The van der Waals surface area contributed by atoms with Gasteiger partial charge in [0.25, 0.3) is 0 Å². The van der Waals surface area contributed by atoms with Gasteiger partial charge in [-0.25, -0.2) is 0 Å². The van der Waals surface area contributed by atoms with Gasteiger partial charge in [-0.05, 0) is 36.2 Å². The number of aliphatic imine (C=N–C) groups is 1. The molecule has 0 aliphatic carbocycles. The van der Waals surface area contributed by atoms with Crippen LogP contribution in [0.5, 0.6) is 11.5 Å². The normalized spacial score (nSPS) is 11.0. The summed E-state index contributed by atoms with van der Waals surface area (Å²) < 4.78 is 10.9. The Morgan fingerprint density at radius 2 is 1.88 bits per heavy atom. The first-order valence-electron chi connectivity index (χ1n) is 7.99. The van der Waals surface area contributed by atoms with E-state index >= 15 is 0 Å². The summed E-state index contributed by atoms with van der Waals surface area (Å²) >= 11 is 0. The van der Waals surface area contributed by atoms with Crippen molar-refractivity contribution in [3.8, 4) is 11.5 Å². The molecule has 2 rings (SSSR count). The van der Waals surface area contributed by atoms with Crippen molar-refractivity contribution in [1.82, 2.24) is 10.6 Å². The van der Waals surface area contributed by atoms with E-state index in [0.29, 0.717) is 19.7 Å². The molecule has 2 aromatic carbocycles. The summed E-state index contributed by atoms with van der Waals surface area (Å²) in [7, 11) is 3.44. The average Bonchev–Trinajstić information content (AvgIpc) is 2.62. The Hall–Kier alpha value is -2.69. The van der Waals surface area contributed by atoms with Gasteiger partial charge in [0.15, 0.2) is 5.96 Å². The van der Waals surface area contributed by atoms with Crippen LogP contribution in [0.1, 0.15) is 11.1 Å². The second kappa shape index (κ2) is 9.45. The summed E-state index contributed by atoms with van der Waals surface area (Å²) in [5, 5.41) is 6.53. The highest BCUT2D eigenvalue weighted by atomic mass is 16.5.